The summed E-state index contributed by atoms with van der Waals surface area (Å²) in [5, 5.41) is 3.28. The van der Waals surface area contributed by atoms with Crippen LogP contribution in [0.1, 0.15) is 27.7 Å². The summed E-state index contributed by atoms with van der Waals surface area (Å²) in [6, 6.07) is 0. The van der Waals surface area contributed by atoms with Gasteiger partial charge in [-0.2, -0.15) is 0 Å². The van der Waals surface area contributed by atoms with Gasteiger partial charge in [0, 0.05) is 11.8 Å². The highest BCUT2D eigenvalue weighted by atomic mass is 16.5. The second-order valence-corrected chi connectivity index (χ2v) is 4.49. The molecular formula is C13H22N4O2. The summed E-state index contributed by atoms with van der Waals surface area (Å²) in [5.41, 5.74) is 5.93. The van der Waals surface area contributed by atoms with Gasteiger partial charge in [0.1, 0.15) is 5.66 Å². The Hall–Kier alpha value is -1.69. The minimum absolute atomic E-state index is 0.135. The molecule has 106 valence electrons. The van der Waals surface area contributed by atoms with Gasteiger partial charge in [-0.25, -0.2) is 14.8 Å². The first-order valence-corrected chi connectivity index (χ1v) is 6.43. The molecule has 6 nitrogen and oxygen atoms in total. The zero-order valence-electron chi connectivity index (χ0n) is 11.9. The molecule has 0 amide bonds. The molecule has 0 saturated heterocycles. The molecule has 0 aromatic carbocycles. The number of carbonyl (C=O) groups excluding carboxylic acids is 1. The highest BCUT2D eigenvalue weighted by Gasteiger charge is 2.36. The Bertz CT molecular complexity index is 428. The van der Waals surface area contributed by atoms with Gasteiger partial charge in [-0.15, -0.1) is 0 Å². The van der Waals surface area contributed by atoms with Crippen LogP contribution in [0.5, 0.6) is 0 Å². The zero-order chi connectivity index (χ0) is 14.5. The Morgan fingerprint density at radius 1 is 1.58 bits per heavy atom. The van der Waals surface area contributed by atoms with Gasteiger partial charge in [-0.1, -0.05) is 13.0 Å². The summed E-state index contributed by atoms with van der Waals surface area (Å²) in [4.78, 5) is 19.9. The number of ether oxygens (including phenoxy) is 1. The van der Waals surface area contributed by atoms with Crippen LogP contribution in [0.15, 0.2) is 22.1 Å². The second kappa shape index (κ2) is 6.47. The fraction of sp³-hybridized carbons (Fsp3) is 0.615. The summed E-state index contributed by atoms with van der Waals surface area (Å²) < 4.78 is 4.87. The number of aliphatic imine (C=N–C) groups is 2. The maximum Gasteiger partial charge on any atom is 0.330 e. The number of esters is 1. The average molecular weight is 266 g/mol. The third kappa shape index (κ3) is 3.89. The van der Waals surface area contributed by atoms with Crippen LogP contribution in [0.25, 0.3) is 0 Å². The van der Waals surface area contributed by atoms with E-state index in [9.17, 15) is 4.79 Å². The summed E-state index contributed by atoms with van der Waals surface area (Å²) >= 11 is 0. The molecule has 0 aliphatic carbocycles. The van der Waals surface area contributed by atoms with Crippen molar-refractivity contribution in [2.45, 2.75) is 33.4 Å². The maximum absolute atomic E-state index is 11.4. The van der Waals surface area contributed by atoms with E-state index in [1.54, 1.807) is 13.0 Å². The van der Waals surface area contributed by atoms with Crippen molar-refractivity contribution in [2.24, 2.45) is 21.6 Å². The smallest absolute Gasteiger partial charge is 0.330 e. The van der Waals surface area contributed by atoms with E-state index >= 15 is 0 Å². The van der Waals surface area contributed by atoms with E-state index in [0.29, 0.717) is 6.61 Å². The first kappa shape index (κ1) is 15.4. The fourth-order valence-corrected chi connectivity index (χ4v) is 2.19. The van der Waals surface area contributed by atoms with Crippen molar-refractivity contribution < 1.29 is 9.53 Å². The van der Waals surface area contributed by atoms with E-state index in [1.165, 1.54) is 6.08 Å². The lowest BCUT2D eigenvalue weighted by Gasteiger charge is -2.35. The third-order valence-corrected chi connectivity index (χ3v) is 2.94. The molecule has 1 heterocycles. The van der Waals surface area contributed by atoms with Gasteiger partial charge in [0.05, 0.1) is 12.5 Å². The van der Waals surface area contributed by atoms with Crippen molar-refractivity contribution in [1.29, 1.82) is 0 Å². The van der Waals surface area contributed by atoms with E-state index in [-0.39, 0.29) is 17.8 Å². The number of hydrogen-bond acceptors (Lipinski definition) is 6. The van der Waals surface area contributed by atoms with Crippen LogP contribution < -0.4 is 11.1 Å². The number of rotatable bonds is 5. The zero-order valence-corrected chi connectivity index (χ0v) is 11.9. The molecule has 0 spiro atoms. The number of hydrogen-bond donors (Lipinski definition) is 2. The second-order valence-electron chi connectivity index (χ2n) is 4.49. The van der Waals surface area contributed by atoms with Crippen molar-refractivity contribution >= 4 is 17.6 Å². The minimum atomic E-state index is -0.590. The Balaban J connectivity index is 2.95. The number of nitrogens with two attached hydrogens (primary N) is 1. The Morgan fingerprint density at radius 3 is 2.84 bits per heavy atom. The molecule has 2 unspecified atom stereocenters. The molecule has 0 bridgehead atoms. The van der Waals surface area contributed by atoms with Gasteiger partial charge >= 0.3 is 5.97 Å². The van der Waals surface area contributed by atoms with Gasteiger partial charge in [-0.3, -0.25) is 5.32 Å². The first-order chi connectivity index (χ1) is 8.92. The van der Waals surface area contributed by atoms with Gasteiger partial charge in [0.2, 0.25) is 5.96 Å². The average Bonchev–Trinajstić information content (AvgIpc) is 2.27. The number of guanidine groups is 1. The molecule has 1 aliphatic rings. The number of nitrogens with one attached hydrogen (secondary N) is 1. The van der Waals surface area contributed by atoms with Crippen LogP contribution in [-0.4, -0.2) is 36.5 Å². The van der Waals surface area contributed by atoms with Crippen molar-refractivity contribution in [1.82, 2.24) is 5.32 Å². The quantitative estimate of drug-likeness (QED) is 0.570. The lowest BCUT2D eigenvalue weighted by Crippen LogP contribution is -2.52. The molecule has 0 aromatic rings. The highest BCUT2D eigenvalue weighted by molar-refractivity contribution is 6.00. The summed E-state index contributed by atoms with van der Waals surface area (Å²) in [6.45, 7) is 8.66. The van der Waals surface area contributed by atoms with Gasteiger partial charge in [0.15, 0.2) is 0 Å². The predicted octanol–water partition coefficient (Wildman–Crippen LogP) is 0.837. The van der Waals surface area contributed by atoms with E-state index in [4.69, 9.17) is 10.5 Å². The number of nitrogens with zero attached hydrogens (tertiary/aromatic N) is 2. The summed E-state index contributed by atoms with van der Waals surface area (Å²) in [5.74, 6) is -0.248. The van der Waals surface area contributed by atoms with Crippen molar-refractivity contribution in [3.8, 4) is 0 Å². The van der Waals surface area contributed by atoms with E-state index in [0.717, 1.165) is 12.3 Å². The van der Waals surface area contributed by atoms with Crippen LogP contribution in [0, 0.1) is 5.92 Å². The fourth-order valence-electron chi connectivity index (χ4n) is 2.19. The third-order valence-electron chi connectivity index (χ3n) is 2.94. The Labute approximate surface area is 113 Å². The normalized spacial score (nSPS) is 27.1. The van der Waals surface area contributed by atoms with Crippen LogP contribution in [-0.2, 0) is 9.53 Å². The van der Waals surface area contributed by atoms with Gasteiger partial charge in [0.25, 0.3) is 0 Å². The van der Waals surface area contributed by atoms with E-state index < -0.39 is 5.66 Å². The Kier molecular flexibility index (Phi) is 5.23. The number of carbonyl (C=O) groups is 1. The standard InChI is InChI=1S/C13H22N4O2/c1-5-15-13(4)10(7-8-11(18)19-6-2)9(3)16-12(14)17-13/h7-8,10,15H,5-6H2,1-4H3,(H2,14,17)/b8-7+. The molecular weight excluding hydrogens is 244 g/mol. The van der Waals surface area contributed by atoms with Crippen molar-refractivity contribution in [3.63, 3.8) is 0 Å². The molecule has 1 rings (SSSR count). The van der Waals surface area contributed by atoms with Crippen LogP contribution in [0.4, 0.5) is 0 Å². The Morgan fingerprint density at radius 2 is 2.26 bits per heavy atom. The monoisotopic (exact) mass is 266 g/mol. The van der Waals surface area contributed by atoms with Gasteiger partial charge in [-0.05, 0) is 27.3 Å². The lowest BCUT2D eigenvalue weighted by molar-refractivity contribution is -0.137. The summed E-state index contributed by atoms with van der Waals surface area (Å²) in [7, 11) is 0. The molecule has 0 fully saturated rings. The molecule has 0 saturated carbocycles. The molecule has 6 heteroatoms. The summed E-state index contributed by atoms with van der Waals surface area (Å²) in [6.07, 6.45) is 3.18. The lowest BCUT2D eigenvalue weighted by atomic mass is 9.88. The molecule has 19 heavy (non-hydrogen) atoms. The predicted molar refractivity (Wildman–Crippen MR) is 76.1 cm³/mol. The van der Waals surface area contributed by atoms with Crippen LogP contribution in [0.2, 0.25) is 0 Å². The highest BCUT2D eigenvalue weighted by Crippen LogP contribution is 2.25. The molecule has 0 radical (unpaired) electrons. The molecule has 2 atom stereocenters. The molecule has 3 N–H and O–H groups in total. The van der Waals surface area contributed by atoms with E-state index in [2.05, 4.69) is 15.3 Å². The van der Waals surface area contributed by atoms with Crippen molar-refractivity contribution in [2.75, 3.05) is 13.2 Å². The largest absolute Gasteiger partial charge is 0.463 e. The first-order valence-electron chi connectivity index (χ1n) is 6.43. The topological polar surface area (TPSA) is 89.1 Å². The van der Waals surface area contributed by atoms with E-state index in [1.807, 2.05) is 20.8 Å². The molecule has 1 aliphatic heterocycles. The SMILES string of the molecule is CCNC1(C)N=C(N)N=C(C)C1/C=C/C(=O)OCC. The van der Waals surface area contributed by atoms with Crippen LogP contribution in [0.3, 0.4) is 0 Å². The minimum Gasteiger partial charge on any atom is -0.463 e. The molecule has 0 aromatic heterocycles. The van der Waals surface area contributed by atoms with Crippen molar-refractivity contribution in [3.05, 3.63) is 12.2 Å². The van der Waals surface area contributed by atoms with Crippen LogP contribution >= 0.6 is 0 Å². The van der Waals surface area contributed by atoms with Gasteiger partial charge < -0.3 is 10.5 Å². The maximum atomic E-state index is 11.4.